The van der Waals surface area contributed by atoms with Crippen LogP contribution in [0.25, 0.3) is 0 Å². The van der Waals surface area contributed by atoms with E-state index in [1.54, 1.807) is 6.92 Å². The Bertz CT molecular complexity index is 115. The van der Waals surface area contributed by atoms with Crippen molar-refractivity contribution in [2.75, 3.05) is 0 Å². The average molecular weight is 385 g/mol. The highest BCUT2D eigenvalue weighted by Gasteiger charge is 1.94. The second kappa shape index (κ2) is 16.9. The van der Waals surface area contributed by atoms with Gasteiger partial charge in [-0.3, -0.25) is 10.1 Å². The lowest BCUT2D eigenvalue weighted by molar-refractivity contribution is -0.424. The maximum Gasteiger partial charge on any atom is 0.238 e. The van der Waals surface area contributed by atoms with Crippen LogP contribution in [0.2, 0.25) is 0 Å². The van der Waals surface area contributed by atoms with E-state index >= 15 is 0 Å². The van der Waals surface area contributed by atoms with Crippen molar-refractivity contribution in [2.45, 2.75) is 27.7 Å². The first-order valence-electron chi connectivity index (χ1n) is 3.10. The van der Waals surface area contributed by atoms with Gasteiger partial charge in [0.1, 0.15) is 0 Å². The van der Waals surface area contributed by atoms with Gasteiger partial charge < -0.3 is 0 Å². The Hall–Kier alpha value is 0.600. The molecule has 0 amide bonds. The van der Waals surface area contributed by atoms with Crippen molar-refractivity contribution < 1.29 is 4.92 Å². The quantitative estimate of drug-likeness (QED) is 0.390. The molecule has 0 aromatic heterocycles. The van der Waals surface area contributed by atoms with Gasteiger partial charge in [0.25, 0.3) is 0 Å². The molecular formula is C6H13I2NO2. The summed E-state index contributed by atoms with van der Waals surface area (Å²) < 4.78 is 0. The number of nitro groups is 1. The molecule has 0 aliphatic carbocycles. The SMILES string of the molecule is C/C=C(/C)[N+](=O)[O-].CC.II. The summed E-state index contributed by atoms with van der Waals surface area (Å²) >= 11 is 4.24. The smallest absolute Gasteiger partial charge is 0.238 e. The van der Waals surface area contributed by atoms with Gasteiger partial charge in [-0.1, -0.05) is 13.8 Å². The van der Waals surface area contributed by atoms with Crippen LogP contribution in [-0.2, 0) is 0 Å². The zero-order valence-corrected chi connectivity index (χ0v) is 11.4. The van der Waals surface area contributed by atoms with Crippen LogP contribution < -0.4 is 0 Å². The molecular weight excluding hydrogens is 372 g/mol. The van der Waals surface area contributed by atoms with Gasteiger partial charge in [0.05, 0.1) is 4.92 Å². The maximum atomic E-state index is 9.67. The van der Waals surface area contributed by atoms with E-state index in [1.165, 1.54) is 13.0 Å². The Labute approximate surface area is 91.1 Å². The van der Waals surface area contributed by atoms with Gasteiger partial charge in [-0.05, 0) is 13.0 Å². The molecule has 0 aliphatic rings. The Morgan fingerprint density at radius 1 is 1.45 bits per heavy atom. The highest BCUT2D eigenvalue weighted by molar-refractivity contribution is 15.0. The van der Waals surface area contributed by atoms with Crippen molar-refractivity contribution in [2.24, 2.45) is 0 Å². The molecule has 0 radical (unpaired) electrons. The summed E-state index contributed by atoms with van der Waals surface area (Å²) in [5.41, 5.74) is 0.194. The van der Waals surface area contributed by atoms with E-state index in [0.717, 1.165) is 0 Å². The van der Waals surface area contributed by atoms with Crippen LogP contribution in [0, 0.1) is 10.1 Å². The van der Waals surface area contributed by atoms with Crippen molar-refractivity contribution >= 4 is 37.2 Å². The fourth-order valence-corrected chi connectivity index (χ4v) is 0.105. The molecule has 0 saturated heterocycles. The lowest BCUT2D eigenvalue weighted by atomic mass is 10.5. The molecule has 0 aromatic rings. The topological polar surface area (TPSA) is 43.1 Å². The first-order chi connectivity index (χ1) is 5.18. The van der Waals surface area contributed by atoms with Gasteiger partial charge in [0.2, 0.25) is 5.70 Å². The largest absolute Gasteiger partial charge is 0.259 e. The van der Waals surface area contributed by atoms with Crippen LogP contribution in [0.3, 0.4) is 0 Å². The Kier molecular flexibility index (Phi) is 27.1. The van der Waals surface area contributed by atoms with E-state index < -0.39 is 4.92 Å². The minimum Gasteiger partial charge on any atom is -0.259 e. The summed E-state index contributed by atoms with van der Waals surface area (Å²) in [5, 5.41) is 9.67. The molecule has 0 unspecified atom stereocenters. The van der Waals surface area contributed by atoms with Gasteiger partial charge in [0, 0.05) is 44.2 Å². The molecule has 0 N–H and O–H groups in total. The van der Waals surface area contributed by atoms with Crippen molar-refractivity contribution in [1.82, 2.24) is 0 Å². The van der Waals surface area contributed by atoms with E-state index in [-0.39, 0.29) is 5.70 Å². The number of halogens is 2. The summed E-state index contributed by atoms with van der Waals surface area (Å²) in [7, 11) is 0. The normalized spacial score (nSPS) is 8.36. The third-order valence-corrected chi connectivity index (χ3v) is 0.706. The number of hydrogen-bond acceptors (Lipinski definition) is 2. The summed E-state index contributed by atoms with van der Waals surface area (Å²) in [5.74, 6) is 0. The molecule has 11 heavy (non-hydrogen) atoms. The van der Waals surface area contributed by atoms with E-state index in [1.807, 2.05) is 13.8 Å². The minimum atomic E-state index is -0.417. The third kappa shape index (κ3) is 18.0. The number of hydrogen-bond donors (Lipinski definition) is 0. The van der Waals surface area contributed by atoms with E-state index in [4.69, 9.17) is 0 Å². The van der Waals surface area contributed by atoms with Gasteiger partial charge >= 0.3 is 0 Å². The monoisotopic (exact) mass is 385 g/mol. The second-order valence-corrected chi connectivity index (χ2v) is 1.19. The predicted molar refractivity (Wildman–Crippen MR) is 65.8 cm³/mol. The molecule has 68 valence electrons. The molecule has 3 nitrogen and oxygen atoms in total. The molecule has 0 bridgehead atoms. The lowest BCUT2D eigenvalue weighted by Gasteiger charge is -1.81. The molecule has 0 atom stereocenters. The zero-order chi connectivity index (χ0) is 9.86. The van der Waals surface area contributed by atoms with Gasteiger partial charge in [0.15, 0.2) is 0 Å². The van der Waals surface area contributed by atoms with Crippen LogP contribution in [0.1, 0.15) is 27.7 Å². The van der Waals surface area contributed by atoms with Crippen molar-refractivity contribution in [3.63, 3.8) is 0 Å². The van der Waals surface area contributed by atoms with E-state index in [9.17, 15) is 10.1 Å². The summed E-state index contributed by atoms with van der Waals surface area (Å²) in [4.78, 5) is 9.25. The summed E-state index contributed by atoms with van der Waals surface area (Å²) in [6.07, 6.45) is 1.46. The molecule has 0 aromatic carbocycles. The minimum absolute atomic E-state index is 0.194. The van der Waals surface area contributed by atoms with Crippen LogP contribution in [0.4, 0.5) is 0 Å². The Balaban J connectivity index is -0.000000138. The van der Waals surface area contributed by atoms with Crippen LogP contribution >= 0.6 is 37.2 Å². The molecule has 0 fully saturated rings. The molecule has 0 saturated carbocycles. The predicted octanol–water partition coefficient (Wildman–Crippen LogP) is 3.98. The van der Waals surface area contributed by atoms with Gasteiger partial charge in [-0.25, -0.2) is 0 Å². The van der Waals surface area contributed by atoms with Crippen molar-refractivity contribution in [1.29, 1.82) is 0 Å². The van der Waals surface area contributed by atoms with Gasteiger partial charge in [-0.2, -0.15) is 0 Å². The Morgan fingerprint density at radius 2 is 1.73 bits per heavy atom. The van der Waals surface area contributed by atoms with Crippen LogP contribution in [0.5, 0.6) is 0 Å². The molecule has 5 heteroatoms. The van der Waals surface area contributed by atoms with E-state index in [2.05, 4.69) is 37.2 Å². The van der Waals surface area contributed by atoms with Crippen molar-refractivity contribution in [3.8, 4) is 0 Å². The van der Waals surface area contributed by atoms with Crippen LogP contribution in [0.15, 0.2) is 11.8 Å². The van der Waals surface area contributed by atoms with Crippen molar-refractivity contribution in [3.05, 3.63) is 21.9 Å². The summed E-state index contributed by atoms with van der Waals surface area (Å²) in [6.45, 7) is 7.10. The lowest BCUT2D eigenvalue weighted by Crippen LogP contribution is -1.91. The third-order valence-electron chi connectivity index (χ3n) is 0.706. The first kappa shape index (κ1) is 17.6. The Morgan fingerprint density at radius 3 is 1.73 bits per heavy atom. The molecule has 0 aliphatic heterocycles. The fourth-order valence-electron chi connectivity index (χ4n) is 0.105. The zero-order valence-electron chi connectivity index (χ0n) is 7.10. The molecule has 0 heterocycles. The first-order valence-corrected chi connectivity index (χ1v) is 9.38. The molecule has 0 spiro atoms. The fraction of sp³-hybridized carbons (Fsp3) is 0.667. The maximum absolute atomic E-state index is 9.67. The number of allylic oxidation sites excluding steroid dienone is 2. The molecule has 0 rings (SSSR count). The average Bonchev–Trinajstić information content (AvgIpc) is 2.10. The van der Waals surface area contributed by atoms with Gasteiger partial charge in [-0.15, -0.1) is 0 Å². The second-order valence-electron chi connectivity index (χ2n) is 1.19. The number of nitrogens with zero attached hydrogens (tertiary/aromatic N) is 1. The standard InChI is InChI=1S/C4H7NO2.C2H6.I2/c1-3-4(2)5(6)7;2*1-2/h3H,1-2H3;1-2H3;/b4-3-;;. The highest BCUT2D eigenvalue weighted by atomic mass is 128. The van der Waals surface area contributed by atoms with Crippen LogP contribution in [-0.4, -0.2) is 4.92 Å². The highest BCUT2D eigenvalue weighted by Crippen LogP contribution is 1.89. The summed E-state index contributed by atoms with van der Waals surface area (Å²) in [6, 6.07) is 0. The van der Waals surface area contributed by atoms with E-state index in [0.29, 0.717) is 0 Å². The number of rotatable bonds is 1.